The van der Waals surface area contributed by atoms with Crippen LogP contribution in [0.4, 0.5) is 0 Å². The van der Waals surface area contributed by atoms with Crippen LogP contribution >= 0.6 is 22.6 Å². The lowest BCUT2D eigenvalue weighted by molar-refractivity contribution is -0.134. The van der Waals surface area contributed by atoms with Crippen molar-refractivity contribution in [1.82, 2.24) is 5.32 Å². The van der Waals surface area contributed by atoms with Crippen LogP contribution in [0.1, 0.15) is 65.7 Å². The molecule has 3 heteroatoms. The summed E-state index contributed by atoms with van der Waals surface area (Å²) in [6, 6.07) is 0.440. The molecule has 1 saturated heterocycles. The van der Waals surface area contributed by atoms with Gasteiger partial charge < -0.3 is 5.32 Å². The van der Waals surface area contributed by atoms with Crippen molar-refractivity contribution in [2.75, 3.05) is 0 Å². The first-order chi connectivity index (χ1) is 10.4. The number of hydrogen-bond acceptors (Lipinski definition) is 1. The molecule has 4 fully saturated rings. The number of carbonyl (C=O) groups excluding carboxylic acids is 1. The Morgan fingerprint density at radius 1 is 1.05 bits per heavy atom. The fraction of sp³-hybridized carbons (Fsp3) is 0.947. The molecule has 8 atom stereocenters. The normalized spacial score (nSPS) is 57.5. The van der Waals surface area contributed by atoms with Crippen LogP contribution in [0, 0.1) is 34.5 Å². The van der Waals surface area contributed by atoms with Crippen molar-refractivity contribution in [2.45, 2.75) is 75.7 Å². The van der Waals surface area contributed by atoms with Gasteiger partial charge in [0.05, 0.1) is 3.92 Å². The van der Waals surface area contributed by atoms with Gasteiger partial charge in [0.1, 0.15) is 0 Å². The number of piperidine rings is 1. The molecule has 0 spiro atoms. The molecule has 4 aliphatic rings. The van der Waals surface area contributed by atoms with Gasteiger partial charge in [0.15, 0.2) is 0 Å². The standard InChI is InChI=1S/C19H30INO/c1-11-4-6-13-12-5-7-16-19(3,10-15(20)17(22)21-16)14(12)8-9-18(11,13)2/h11-16H,4-10H2,1-3H3,(H,21,22)/t11?,12-,13-,14+,15?,16?,18+,19+/m0/s1. The highest BCUT2D eigenvalue weighted by Gasteiger charge is 2.60. The lowest BCUT2D eigenvalue weighted by Crippen LogP contribution is -2.63. The van der Waals surface area contributed by atoms with Crippen LogP contribution < -0.4 is 5.32 Å². The number of hydrogen-bond donors (Lipinski definition) is 1. The molecule has 1 aliphatic heterocycles. The molecule has 0 radical (unpaired) electrons. The third-order valence-electron chi connectivity index (χ3n) is 8.56. The Bertz CT molecular complexity index is 494. The van der Waals surface area contributed by atoms with Gasteiger partial charge in [-0.25, -0.2) is 0 Å². The van der Waals surface area contributed by atoms with Crippen molar-refractivity contribution in [3.05, 3.63) is 0 Å². The molecule has 124 valence electrons. The summed E-state index contributed by atoms with van der Waals surface area (Å²) in [5.41, 5.74) is 0.946. The Kier molecular flexibility index (Phi) is 3.64. The zero-order chi connectivity index (χ0) is 15.7. The molecule has 0 bridgehead atoms. The van der Waals surface area contributed by atoms with E-state index in [0.717, 1.165) is 30.1 Å². The summed E-state index contributed by atoms with van der Waals surface area (Å²) in [5, 5.41) is 3.37. The topological polar surface area (TPSA) is 29.1 Å². The summed E-state index contributed by atoms with van der Waals surface area (Å²) in [4.78, 5) is 12.1. The second-order valence-electron chi connectivity index (χ2n) is 9.22. The highest BCUT2D eigenvalue weighted by Crippen LogP contribution is 2.65. The van der Waals surface area contributed by atoms with Crippen LogP contribution in [-0.2, 0) is 4.79 Å². The van der Waals surface area contributed by atoms with E-state index in [0.29, 0.717) is 16.9 Å². The van der Waals surface area contributed by atoms with Gasteiger partial charge >= 0.3 is 0 Å². The molecule has 0 aromatic carbocycles. The van der Waals surface area contributed by atoms with Crippen LogP contribution in [0.25, 0.3) is 0 Å². The van der Waals surface area contributed by atoms with Gasteiger partial charge in [-0.2, -0.15) is 0 Å². The molecule has 1 heterocycles. The highest BCUT2D eigenvalue weighted by molar-refractivity contribution is 14.1. The molecule has 1 N–H and O–H groups in total. The summed E-state index contributed by atoms with van der Waals surface area (Å²) in [6.45, 7) is 7.58. The monoisotopic (exact) mass is 415 g/mol. The molecular formula is C19H30INO. The number of amides is 1. The van der Waals surface area contributed by atoms with Crippen LogP contribution in [0.2, 0.25) is 0 Å². The van der Waals surface area contributed by atoms with Crippen molar-refractivity contribution in [3.8, 4) is 0 Å². The molecule has 2 nitrogen and oxygen atoms in total. The fourth-order valence-electron chi connectivity index (χ4n) is 6.99. The largest absolute Gasteiger partial charge is 0.352 e. The molecule has 22 heavy (non-hydrogen) atoms. The zero-order valence-electron chi connectivity index (χ0n) is 14.2. The van der Waals surface area contributed by atoms with E-state index >= 15 is 0 Å². The molecule has 3 unspecified atom stereocenters. The van der Waals surface area contributed by atoms with Gasteiger partial charge in [-0.05, 0) is 79.4 Å². The molecule has 0 aromatic rings. The molecule has 3 aliphatic carbocycles. The van der Waals surface area contributed by atoms with E-state index in [1.807, 2.05) is 0 Å². The van der Waals surface area contributed by atoms with E-state index in [1.54, 1.807) is 0 Å². The summed E-state index contributed by atoms with van der Waals surface area (Å²) in [6.07, 6.45) is 9.38. The SMILES string of the molecule is CC1CC[C@H]2[C@@H]3CCC4NC(=O)C(I)C[C@]4(C)[C@@H]3CC[C@]12C. The molecule has 3 saturated carbocycles. The third-order valence-corrected chi connectivity index (χ3v) is 9.57. The quantitative estimate of drug-likeness (QED) is 0.456. The van der Waals surface area contributed by atoms with Crippen molar-refractivity contribution < 1.29 is 4.79 Å². The van der Waals surface area contributed by atoms with Crippen molar-refractivity contribution in [1.29, 1.82) is 0 Å². The Labute approximate surface area is 148 Å². The number of rotatable bonds is 0. The lowest BCUT2D eigenvalue weighted by Gasteiger charge is -2.60. The number of carbonyl (C=O) groups is 1. The van der Waals surface area contributed by atoms with E-state index in [-0.39, 0.29) is 9.83 Å². The van der Waals surface area contributed by atoms with Crippen molar-refractivity contribution >= 4 is 28.5 Å². The van der Waals surface area contributed by atoms with E-state index in [9.17, 15) is 4.79 Å². The molecule has 0 aromatic heterocycles. The molecule has 1 amide bonds. The number of halogens is 1. The maximum absolute atomic E-state index is 12.1. The molecule has 4 rings (SSSR count). The van der Waals surface area contributed by atoms with E-state index in [4.69, 9.17) is 0 Å². The minimum absolute atomic E-state index is 0.174. The average molecular weight is 415 g/mol. The maximum atomic E-state index is 12.1. The summed E-state index contributed by atoms with van der Waals surface area (Å²) >= 11 is 2.37. The predicted molar refractivity (Wildman–Crippen MR) is 97.9 cm³/mol. The number of fused-ring (bicyclic) bond motifs is 5. The van der Waals surface area contributed by atoms with Gasteiger partial charge in [-0.3, -0.25) is 4.79 Å². The second kappa shape index (κ2) is 5.10. The van der Waals surface area contributed by atoms with Gasteiger partial charge in [0.2, 0.25) is 5.91 Å². The smallest absolute Gasteiger partial charge is 0.233 e. The lowest BCUT2D eigenvalue weighted by atomic mass is 9.47. The third kappa shape index (κ3) is 1.99. The van der Waals surface area contributed by atoms with Crippen LogP contribution in [-0.4, -0.2) is 15.9 Å². The summed E-state index contributed by atoms with van der Waals surface area (Å²) < 4.78 is 0.174. The van der Waals surface area contributed by atoms with Gasteiger partial charge in [0, 0.05) is 6.04 Å². The van der Waals surface area contributed by atoms with E-state index in [2.05, 4.69) is 48.7 Å². The Balaban J connectivity index is 1.65. The van der Waals surface area contributed by atoms with Crippen LogP contribution in [0.15, 0.2) is 0 Å². The van der Waals surface area contributed by atoms with Crippen LogP contribution in [0.3, 0.4) is 0 Å². The van der Waals surface area contributed by atoms with Gasteiger partial charge in [0.25, 0.3) is 0 Å². The summed E-state index contributed by atoms with van der Waals surface area (Å²) in [5.74, 6) is 3.91. The average Bonchev–Trinajstić information content (AvgIpc) is 2.77. The Morgan fingerprint density at radius 2 is 1.77 bits per heavy atom. The number of nitrogens with one attached hydrogen (secondary N) is 1. The Hall–Kier alpha value is 0.200. The van der Waals surface area contributed by atoms with Crippen molar-refractivity contribution in [2.24, 2.45) is 34.5 Å². The first-order valence-corrected chi connectivity index (χ1v) is 10.6. The van der Waals surface area contributed by atoms with Gasteiger partial charge in [-0.15, -0.1) is 0 Å². The summed E-state index contributed by atoms with van der Waals surface area (Å²) in [7, 11) is 0. The first-order valence-electron chi connectivity index (χ1n) is 9.31. The van der Waals surface area contributed by atoms with E-state index < -0.39 is 0 Å². The maximum Gasteiger partial charge on any atom is 0.233 e. The molecular weight excluding hydrogens is 385 g/mol. The van der Waals surface area contributed by atoms with E-state index in [1.165, 1.54) is 38.5 Å². The minimum atomic E-state index is 0.174. The predicted octanol–water partition coefficient (Wildman–Crippen LogP) is 4.56. The number of alkyl halides is 1. The first kappa shape index (κ1) is 15.7. The van der Waals surface area contributed by atoms with Crippen LogP contribution in [0.5, 0.6) is 0 Å². The van der Waals surface area contributed by atoms with Gasteiger partial charge in [-0.1, -0.05) is 43.4 Å². The minimum Gasteiger partial charge on any atom is -0.352 e. The Morgan fingerprint density at radius 3 is 2.55 bits per heavy atom. The second-order valence-corrected chi connectivity index (χ2v) is 10.7. The van der Waals surface area contributed by atoms with Crippen molar-refractivity contribution in [3.63, 3.8) is 0 Å². The fourth-order valence-corrected chi connectivity index (χ4v) is 8.12. The zero-order valence-corrected chi connectivity index (χ0v) is 16.4. The highest BCUT2D eigenvalue weighted by atomic mass is 127.